The molecule has 130 valence electrons. The summed E-state index contributed by atoms with van der Waals surface area (Å²) in [7, 11) is 2.17. The Labute approximate surface area is 154 Å². The Bertz CT molecular complexity index is 933. The zero-order valence-electron chi connectivity index (χ0n) is 15.0. The van der Waals surface area contributed by atoms with Crippen LogP contribution in [0.2, 0.25) is 0 Å². The van der Waals surface area contributed by atoms with Crippen LogP contribution in [0.3, 0.4) is 0 Å². The number of hydrogen-bond donors (Lipinski definition) is 0. The van der Waals surface area contributed by atoms with E-state index in [1.807, 2.05) is 24.3 Å². The number of fused-ring (bicyclic) bond motifs is 1. The molecule has 1 aromatic heterocycles. The Balaban J connectivity index is 1.66. The second-order valence-corrected chi connectivity index (χ2v) is 6.99. The highest BCUT2D eigenvalue weighted by Gasteiger charge is 2.23. The lowest BCUT2D eigenvalue weighted by atomic mass is 10.0. The SMILES string of the molecule is CN1CCc2c(c(Cc3ccccc3)nn2Cc2ccc(C#N)cc2)C1. The normalized spacial score (nSPS) is 14.0. The molecule has 0 radical (unpaired) electrons. The lowest BCUT2D eigenvalue weighted by Crippen LogP contribution is -2.27. The van der Waals surface area contributed by atoms with E-state index in [0.717, 1.165) is 32.5 Å². The summed E-state index contributed by atoms with van der Waals surface area (Å²) in [6.07, 6.45) is 1.90. The molecule has 0 N–H and O–H groups in total. The van der Waals surface area contributed by atoms with E-state index in [1.165, 1.54) is 28.1 Å². The second-order valence-electron chi connectivity index (χ2n) is 6.99. The fourth-order valence-corrected chi connectivity index (χ4v) is 3.62. The quantitative estimate of drug-likeness (QED) is 0.730. The molecule has 26 heavy (non-hydrogen) atoms. The highest BCUT2D eigenvalue weighted by Crippen LogP contribution is 2.24. The van der Waals surface area contributed by atoms with Crippen molar-refractivity contribution in [2.24, 2.45) is 0 Å². The van der Waals surface area contributed by atoms with Gasteiger partial charge >= 0.3 is 0 Å². The number of rotatable bonds is 4. The molecule has 0 unspecified atom stereocenters. The van der Waals surface area contributed by atoms with E-state index < -0.39 is 0 Å². The Morgan fingerprint density at radius 3 is 2.54 bits per heavy atom. The number of nitriles is 1. The average molecular weight is 342 g/mol. The lowest BCUT2D eigenvalue weighted by Gasteiger charge is -2.23. The molecular weight excluding hydrogens is 320 g/mol. The van der Waals surface area contributed by atoms with E-state index in [-0.39, 0.29) is 0 Å². The molecule has 1 aliphatic heterocycles. The van der Waals surface area contributed by atoms with Gasteiger partial charge in [0.15, 0.2) is 0 Å². The minimum atomic E-state index is 0.697. The average Bonchev–Trinajstić information content (AvgIpc) is 2.99. The van der Waals surface area contributed by atoms with Gasteiger partial charge in [0, 0.05) is 37.2 Å². The van der Waals surface area contributed by atoms with E-state index in [9.17, 15) is 0 Å². The number of benzene rings is 2. The van der Waals surface area contributed by atoms with Gasteiger partial charge in [-0.3, -0.25) is 4.68 Å². The maximum Gasteiger partial charge on any atom is 0.0991 e. The third-order valence-electron chi connectivity index (χ3n) is 5.04. The Morgan fingerprint density at radius 1 is 1.04 bits per heavy atom. The van der Waals surface area contributed by atoms with Gasteiger partial charge in [-0.05, 0) is 30.3 Å². The molecule has 0 saturated carbocycles. The van der Waals surface area contributed by atoms with Crippen molar-refractivity contribution in [1.29, 1.82) is 5.26 Å². The smallest absolute Gasteiger partial charge is 0.0991 e. The summed E-state index contributed by atoms with van der Waals surface area (Å²) in [6, 6.07) is 20.5. The van der Waals surface area contributed by atoms with Gasteiger partial charge in [0.25, 0.3) is 0 Å². The van der Waals surface area contributed by atoms with Gasteiger partial charge in [0.1, 0.15) is 0 Å². The third kappa shape index (κ3) is 3.40. The largest absolute Gasteiger partial charge is 0.302 e. The van der Waals surface area contributed by atoms with Gasteiger partial charge in [-0.2, -0.15) is 10.4 Å². The summed E-state index contributed by atoms with van der Waals surface area (Å²) in [6.45, 7) is 2.79. The van der Waals surface area contributed by atoms with Crippen LogP contribution in [0, 0.1) is 11.3 Å². The van der Waals surface area contributed by atoms with Gasteiger partial charge < -0.3 is 4.90 Å². The first-order valence-electron chi connectivity index (χ1n) is 9.02. The number of hydrogen-bond acceptors (Lipinski definition) is 3. The van der Waals surface area contributed by atoms with Crippen molar-refractivity contribution < 1.29 is 0 Å². The number of likely N-dealkylation sites (N-methyl/N-ethyl adjacent to an activating group) is 1. The topological polar surface area (TPSA) is 44.9 Å². The van der Waals surface area contributed by atoms with Crippen molar-refractivity contribution in [2.75, 3.05) is 13.6 Å². The number of nitrogens with zero attached hydrogens (tertiary/aromatic N) is 4. The highest BCUT2D eigenvalue weighted by atomic mass is 15.3. The molecule has 4 nitrogen and oxygen atoms in total. The fraction of sp³-hybridized carbons (Fsp3) is 0.273. The summed E-state index contributed by atoms with van der Waals surface area (Å²) in [5.41, 5.74) is 7.11. The Morgan fingerprint density at radius 2 is 1.81 bits per heavy atom. The molecule has 0 atom stereocenters. The van der Waals surface area contributed by atoms with Crippen molar-refractivity contribution in [1.82, 2.24) is 14.7 Å². The Hall–Kier alpha value is -2.90. The zero-order chi connectivity index (χ0) is 17.9. The molecule has 0 bridgehead atoms. The van der Waals surface area contributed by atoms with Gasteiger partial charge in [-0.15, -0.1) is 0 Å². The molecule has 4 rings (SSSR count). The van der Waals surface area contributed by atoms with Crippen molar-refractivity contribution in [3.05, 3.63) is 88.2 Å². The van der Waals surface area contributed by atoms with E-state index in [0.29, 0.717) is 5.56 Å². The molecule has 4 heteroatoms. The van der Waals surface area contributed by atoms with Crippen LogP contribution in [-0.4, -0.2) is 28.3 Å². The summed E-state index contributed by atoms with van der Waals surface area (Å²) >= 11 is 0. The first kappa shape index (κ1) is 16.6. The fourth-order valence-electron chi connectivity index (χ4n) is 3.62. The van der Waals surface area contributed by atoms with Crippen molar-refractivity contribution in [3.8, 4) is 6.07 Å². The van der Waals surface area contributed by atoms with Crippen LogP contribution in [0.1, 0.15) is 33.6 Å². The van der Waals surface area contributed by atoms with E-state index in [2.05, 4.69) is 53.0 Å². The molecule has 0 amide bonds. The van der Waals surface area contributed by atoms with Crippen molar-refractivity contribution in [3.63, 3.8) is 0 Å². The van der Waals surface area contributed by atoms with Crippen LogP contribution >= 0.6 is 0 Å². The van der Waals surface area contributed by atoms with Gasteiger partial charge in [0.05, 0.1) is 23.9 Å². The molecule has 0 spiro atoms. The zero-order valence-corrected chi connectivity index (χ0v) is 15.0. The van der Waals surface area contributed by atoms with Crippen LogP contribution in [0.5, 0.6) is 0 Å². The van der Waals surface area contributed by atoms with Gasteiger partial charge in [-0.1, -0.05) is 42.5 Å². The summed E-state index contributed by atoms with van der Waals surface area (Å²) < 4.78 is 2.17. The van der Waals surface area contributed by atoms with Gasteiger partial charge in [-0.25, -0.2) is 0 Å². The molecule has 0 fully saturated rings. The molecule has 2 heterocycles. The summed E-state index contributed by atoms with van der Waals surface area (Å²) in [4.78, 5) is 2.37. The first-order valence-corrected chi connectivity index (χ1v) is 9.02. The maximum absolute atomic E-state index is 8.97. The van der Waals surface area contributed by atoms with Crippen LogP contribution in [0.15, 0.2) is 54.6 Å². The van der Waals surface area contributed by atoms with Crippen LogP contribution in [0.25, 0.3) is 0 Å². The predicted octanol–water partition coefficient (Wildman–Crippen LogP) is 3.38. The van der Waals surface area contributed by atoms with Gasteiger partial charge in [0.2, 0.25) is 0 Å². The van der Waals surface area contributed by atoms with E-state index in [4.69, 9.17) is 10.4 Å². The summed E-state index contributed by atoms with van der Waals surface area (Å²) in [5, 5.41) is 14.0. The van der Waals surface area contributed by atoms with Crippen LogP contribution in [0.4, 0.5) is 0 Å². The monoisotopic (exact) mass is 342 g/mol. The van der Waals surface area contributed by atoms with Crippen LogP contribution in [-0.2, 0) is 25.9 Å². The second kappa shape index (κ2) is 7.15. The third-order valence-corrected chi connectivity index (χ3v) is 5.04. The minimum Gasteiger partial charge on any atom is -0.302 e. The molecule has 1 aliphatic rings. The lowest BCUT2D eigenvalue weighted by molar-refractivity contribution is 0.307. The standard InChI is InChI=1S/C22H22N4/c1-25-12-11-22-20(16-25)21(13-17-5-3-2-4-6-17)24-26(22)15-19-9-7-18(14-23)8-10-19/h2-10H,11-13,15-16H2,1H3. The Kier molecular flexibility index (Phi) is 4.55. The highest BCUT2D eigenvalue weighted by molar-refractivity contribution is 5.35. The van der Waals surface area contributed by atoms with Crippen LogP contribution < -0.4 is 0 Å². The molecular formula is C22H22N4. The maximum atomic E-state index is 8.97. The van der Waals surface area contributed by atoms with Crippen molar-refractivity contribution in [2.45, 2.75) is 25.9 Å². The predicted molar refractivity (Wildman–Crippen MR) is 102 cm³/mol. The minimum absolute atomic E-state index is 0.697. The van der Waals surface area contributed by atoms with Crippen molar-refractivity contribution >= 4 is 0 Å². The summed E-state index contributed by atoms with van der Waals surface area (Å²) in [5.74, 6) is 0. The molecule has 2 aromatic carbocycles. The van der Waals surface area contributed by atoms with E-state index >= 15 is 0 Å². The number of aromatic nitrogens is 2. The molecule has 3 aromatic rings. The first-order chi connectivity index (χ1) is 12.7. The molecule has 0 saturated heterocycles. The van der Waals surface area contributed by atoms with E-state index in [1.54, 1.807) is 0 Å². The molecule has 0 aliphatic carbocycles.